The fourth-order valence-electron chi connectivity index (χ4n) is 3.29. The van der Waals surface area contributed by atoms with Crippen LogP contribution in [0.4, 0.5) is 5.69 Å². The minimum atomic E-state index is -1.29. The highest BCUT2D eigenvalue weighted by atomic mass is 35.5. The summed E-state index contributed by atoms with van der Waals surface area (Å²) in [6.45, 7) is 5.46. The van der Waals surface area contributed by atoms with Gasteiger partial charge in [-0.3, -0.25) is 19.3 Å². The number of esters is 1. The smallest absolute Gasteiger partial charge is 0.326 e. The van der Waals surface area contributed by atoms with E-state index in [1.54, 1.807) is 39.0 Å². The van der Waals surface area contributed by atoms with Crippen molar-refractivity contribution < 1.29 is 19.1 Å². The first kappa shape index (κ1) is 16.8. The van der Waals surface area contributed by atoms with Crippen LogP contribution >= 0.6 is 11.6 Å². The Morgan fingerprint density at radius 3 is 2.67 bits per heavy atom. The molecule has 0 bridgehead atoms. The van der Waals surface area contributed by atoms with Crippen molar-refractivity contribution in [3.8, 4) is 0 Å². The molecule has 2 aliphatic heterocycles. The first-order valence-electron chi connectivity index (χ1n) is 7.77. The van der Waals surface area contributed by atoms with E-state index in [9.17, 15) is 14.4 Å². The molecule has 128 valence electrons. The summed E-state index contributed by atoms with van der Waals surface area (Å²) in [6, 6.07) is 4.94. The zero-order valence-corrected chi connectivity index (χ0v) is 14.6. The Morgan fingerprint density at radius 2 is 2.08 bits per heavy atom. The van der Waals surface area contributed by atoms with Crippen molar-refractivity contribution in [2.75, 3.05) is 18.0 Å². The number of ether oxygens (including phenoxy) is 1. The third-order valence-corrected chi connectivity index (χ3v) is 4.43. The van der Waals surface area contributed by atoms with E-state index in [4.69, 9.17) is 16.3 Å². The van der Waals surface area contributed by atoms with Crippen molar-refractivity contribution in [3.63, 3.8) is 0 Å². The molecule has 1 N–H and O–H groups in total. The van der Waals surface area contributed by atoms with Gasteiger partial charge in [0.1, 0.15) is 12.1 Å². The molecule has 2 heterocycles. The number of carbonyl (C=O) groups excluding carboxylic acids is 3. The van der Waals surface area contributed by atoms with E-state index in [0.717, 1.165) is 0 Å². The predicted octanol–water partition coefficient (Wildman–Crippen LogP) is 1.79. The lowest BCUT2D eigenvalue weighted by Crippen LogP contribution is -2.47. The Hall–Kier alpha value is -2.08. The number of anilines is 1. The SMILES string of the molecule is CC(C)(C)OC(=O)CN1C(=O)C2(CCNC2=O)c2cc(Cl)ccc21. The van der Waals surface area contributed by atoms with Gasteiger partial charge in [0.05, 0.1) is 0 Å². The minimum Gasteiger partial charge on any atom is -0.459 e. The molecule has 2 amide bonds. The van der Waals surface area contributed by atoms with Crippen LogP contribution in [0.25, 0.3) is 0 Å². The van der Waals surface area contributed by atoms with Crippen LogP contribution in [-0.2, 0) is 24.5 Å². The summed E-state index contributed by atoms with van der Waals surface area (Å²) in [5, 5.41) is 3.15. The van der Waals surface area contributed by atoms with Gasteiger partial charge in [-0.2, -0.15) is 0 Å². The summed E-state index contributed by atoms with van der Waals surface area (Å²) < 4.78 is 5.31. The van der Waals surface area contributed by atoms with Gasteiger partial charge in [0.25, 0.3) is 0 Å². The van der Waals surface area contributed by atoms with Gasteiger partial charge in [-0.15, -0.1) is 0 Å². The lowest BCUT2D eigenvalue weighted by atomic mass is 9.80. The molecular formula is C17H19ClN2O4. The second-order valence-corrected chi connectivity index (χ2v) is 7.49. The lowest BCUT2D eigenvalue weighted by Gasteiger charge is -2.24. The van der Waals surface area contributed by atoms with E-state index in [0.29, 0.717) is 29.2 Å². The Labute approximate surface area is 145 Å². The molecule has 1 fully saturated rings. The molecule has 6 nitrogen and oxygen atoms in total. The highest BCUT2D eigenvalue weighted by Crippen LogP contribution is 2.46. The molecule has 1 saturated heterocycles. The summed E-state index contributed by atoms with van der Waals surface area (Å²) in [4.78, 5) is 39.0. The Bertz CT molecular complexity index is 741. The first-order valence-corrected chi connectivity index (χ1v) is 8.15. The van der Waals surface area contributed by atoms with Crippen LogP contribution in [0.15, 0.2) is 18.2 Å². The number of carbonyl (C=O) groups is 3. The average Bonchev–Trinajstić information content (AvgIpc) is 2.93. The molecule has 2 aliphatic rings. The quantitative estimate of drug-likeness (QED) is 0.651. The monoisotopic (exact) mass is 350 g/mol. The molecule has 1 aromatic carbocycles. The number of nitrogens with zero attached hydrogens (tertiary/aromatic N) is 1. The standard InChI is InChI=1S/C17H19ClN2O4/c1-16(2,3)24-13(21)9-20-12-5-4-10(18)8-11(12)17(15(20)23)6-7-19-14(17)22/h4-5,8H,6-7,9H2,1-3H3,(H,19,22). The van der Waals surface area contributed by atoms with Crippen molar-refractivity contribution in [1.29, 1.82) is 0 Å². The van der Waals surface area contributed by atoms with Crippen LogP contribution in [0.5, 0.6) is 0 Å². The first-order chi connectivity index (χ1) is 11.1. The summed E-state index contributed by atoms with van der Waals surface area (Å²) in [7, 11) is 0. The van der Waals surface area contributed by atoms with Gasteiger partial charge in [-0.25, -0.2) is 0 Å². The van der Waals surface area contributed by atoms with Crippen LogP contribution < -0.4 is 10.2 Å². The maximum atomic E-state index is 13.0. The maximum absolute atomic E-state index is 13.0. The zero-order valence-electron chi connectivity index (χ0n) is 13.8. The summed E-state index contributed by atoms with van der Waals surface area (Å²) in [6.07, 6.45) is 0.350. The van der Waals surface area contributed by atoms with Gasteiger partial charge in [0.2, 0.25) is 11.8 Å². The summed E-state index contributed by atoms with van der Waals surface area (Å²) >= 11 is 6.07. The number of hydrogen-bond donors (Lipinski definition) is 1. The molecule has 0 aromatic heterocycles. The van der Waals surface area contributed by atoms with E-state index in [1.165, 1.54) is 4.90 Å². The van der Waals surface area contributed by atoms with Gasteiger partial charge in [0, 0.05) is 22.8 Å². The van der Waals surface area contributed by atoms with Gasteiger partial charge >= 0.3 is 5.97 Å². The summed E-state index contributed by atoms with van der Waals surface area (Å²) in [5.41, 5.74) is -0.848. The van der Waals surface area contributed by atoms with Gasteiger partial charge in [-0.05, 0) is 45.4 Å². The third-order valence-electron chi connectivity index (χ3n) is 4.20. The zero-order chi connectivity index (χ0) is 17.7. The third kappa shape index (κ3) is 2.55. The number of nitrogens with one attached hydrogen (secondary N) is 1. The molecule has 0 aliphatic carbocycles. The van der Waals surface area contributed by atoms with E-state index in [-0.39, 0.29) is 12.5 Å². The summed E-state index contributed by atoms with van der Waals surface area (Å²) in [5.74, 6) is -1.27. The molecule has 24 heavy (non-hydrogen) atoms. The van der Waals surface area contributed by atoms with Crippen LogP contribution in [0.2, 0.25) is 5.02 Å². The fraction of sp³-hybridized carbons (Fsp3) is 0.471. The topological polar surface area (TPSA) is 75.7 Å². The average molecular weight is 351 g/mol. The number of fused-ring (bicyclic) bond motifs is 2. The highest BCUT2D eigenvalue weighted by Gasteiger charge is 2.58. The number of amides is 2. The normalized spacial score (nSPS) is 22.8. The van der Waals surface area contributed by atoms with E-state index < -0.39 is 22.9 Å². The molecule has 1 spiro atoms. The fourth-order valence-corrected chi connectivity index (χ4v) is 3.46. The highest BCUT2D eigenvalue weighted by molar-refractivity contribution is 6.31. The van der Waals surface area contributed by atoms with Crippen molar-refractivity contribution in [2.45, 2.75) is 38.2 Å². The molecular weight excluding hydrogens is 332 g/mol. The maximum Gasteiger partial charge on any atom is 0.326 e. The van der Waals surface area contributed by atoms with Crippen molar-refractivity contribution in [3.05, 3.63) is 28.8 Å². The number of benzene rings is 1. The number of halogens is 1. The van der Waals surface area contributed by atoms with Crippen LogP contribution in [0.3, 0.4) is 0 Å². The molecule has 7 heteroatoms. The van der Waals surface area contributed by atoms with E-state index in [1.807, 2.05) is 0 Å². The van der Waals surface area contributed by atoms with E-state index >= 15 is 0 Å². The minimum absolute atomic E-state index is 0.236. The van der Waals surface area contributed by atoms with Crippen LogP contribution in [0, 0.1) is 0 Å². The molecule has 1 atom stereocenters. The van der Waals surface area contributed by atoms with Crippen LogP contribution in [0.1, 0.15) is 32.8 Å². The lowest BCUT2D eigenvalue weighted by molar-refractivity contribution is -0.154. The molecule has 1 unspecified atom stereocenters. The Morgan fingerprint density at radius 1 is 1.38 bits per heavy atom. The van der Waals surface area contributed by atoms with E-state index in [2.05, 4.69) is 5.32 Å². The van der Waals surface area contributed by atoms with Crippen LogP contribution in [-0.4, -0.2) is 36.5 Å². The Balaban J connectivity index is 2.00. The largest absolute Gasteiger partial charge is 0.459 e. The van der Waals surface area contributed by atoms with Gasteiger partial charge in [-0.1, -0.05) is 11.6 Å². The van der Waals surface area contributed by atoms with Gasteiger partial charge in [0.15, 0.2) is 5.41 Å². The number of rotatable bonds is 2. The van der Waals surface area contributed by atoms with Gasteiger partial charge < -0.3 is 10.1 Å². The van der Waals surface area contributed by atoms with Crippen molar-refractivity contribution >= 4 is 35.1 Å². The predicted molar refractivity (Wildman–Crippen MR) is 89.0 cm³/mol. The Kier molecular flexibility index (Phi) is 3.83. The molecule has 3 rings (SSSR count). The number of hydrogen-bond acceptors (Lipinski definition) is 4. The van der Waals surface area contributed by atoms with Crippen molar-refractivity contribution in [1.82, 2.24) is 5.32 Å². The molecule has 1 aromatic rings. The van der Waals surface area contributed by atoms with Crippen molar-refractivity contribution in [2.24, 2.45) is 0 Å². The second-order valence-electron chi connectivity index (χ2n) is 7.05. The molecule has 0 saturated carbocycles. The second kappa shape index (κ2) is 5.48. The molecule has 0 radical (unpaired) electrons.